The Morgan fingerprint density at radius 1 is 0.409 bits per heavy atom. The zero-order valence-corrected chi connectivity index (χ0v) is 24.5. The number of aryl methyl sites for hydroxylation is 1. The molecule has 0 aliphatic heterocycles. The maximum absolute atomic E-state index is 5.01. The molecule has 0 fully saturated rings. The summed E-state index contributed by atoms with van der Waals surface area (Å²) in [5.74, 6) is 0.708. The van der Waals surface area contributed by atoms with E-state index in [9.17, 15) is 0 Å². The number of hydrogen-bond acceptors (Lipinski definition) is 3. The smallest absolute Gasteiger partial charge is 0.160 e. The van der Waals surface area contributed by atoms with Crippen LogP contribution in [0, 0.1) is 6.92 Å². The molecule has 0 radical (unpaired) electrons. The second kappa shape index (κ2) is 12.2. The van der Waals surface area contributed by atoms with Crippen molar-refractivity contribution in [2.45, 2.75) is 6.92 Å². The molecule has 210 valence electrons. The van der Waals surface area contributed by atoms with E-state index in [1.807, 2.05) is 24.3 Å². The molecule has 7 aromatic rings. The van der Waals surface area contributed by atoms with Crippen LogP contribution >= 0.6 is 0 Å². The summed E-state index contributed by atoms with van der Waals surface area (Å²) >= 11 is 0. The average Bonchev–Trinajstić information content (AvgIpc) is 3.10. The van der Waals surface area contributed by atoms with Crippen LogP contribution in [0.15, 0.2) is 164 Å². The Kier molecular flexibility index (Phi) is 7.51. The monoisotopic (exact) mass is 565 g/mol. The Hall–Kier alpha value is -5.80. The molecular weight excluding hydrogens is 534 g/mol. The topological polar surface area (TPSA) is 37.8 Å². The fourth-order valence-corrected chi connectivity index (χ4v) is 5.51. The quantitative estimate of drug-likeness (QED) is 0.209. The Bertz CT molecular complexity index is 2010. The Morgan fingerprint density at radius 2 is 0.886 bits per heavy atom. The largest absolute Gasteiger partial charge is 0.355 e. The molecule has 7 rings (SSSR count). The van der Waals surface area contributed by atoms with Crippen molar-refractivity contribution >= 4 is 11.4 Å². The van der Waals surface area contributed by atoms with Crippen LogP contribution in [0.5, 0.6) is 0 Å². The first-order valence-corrected chi connectivity index (χ1v) is 14.8. The average molecular weight is 566 g/mol. The normalized spacial score (nSPS) is 10.8. The van der Waals surface area contributed by atoms with Crippen LogP contribution in [-0.4, -0.2) is 9.97 Å². The van der Waals surface area contributed by atoms with Crippen molar-refractivity contribution in [3.05, 3.63) is 169 Å². The number of para-hydroxylation sites is 1. The van der Waals surface area contributed by atoms with E-state index in [4.69, 9.17) is 9.97 Å². The van der Waals surface area contributed by atoms with Crippen LogP contribution in [-0.2, 0) is 0 Å². The fourth-order valence-electron chi connectivity index (χ4n) is 5.51. The number of nitrogens with zero attached hydrogens (tertiary/aromatic N) is 2. The highest BCUT2D eigenvalue weighted by atomic mass is 14.9. The highest BCUT2D eigenvalue weighted by Gasteiger charge is 2.12. The van der Waals surface area contributed by atoms with Gasteiger partial charge in [-0.15, -0.1) is 0 Å². The number of nitrogens with one attached hydrogen (secondary N) is 1. The summed E-state index contributed by atoms with van der Waals surface area (Å²) in [7, 11) is 0. The molecule has 0 spiro atoms. The fraction of sp³-hybridized carbons (Fsp3) is 0.0244. The third kappa shape index (κ3) is 5.77. The van der Waals surface area contributed by atoms with Gasteiger partial charge in [-0.2, -0.15) is 0 Å². The first kappa shape index (κ1) is 27.1. The molecule has 0 bridgehead atoms. The minimum absolute atomic E-state index is 0.708. The molecule has 0 unspecified atom stereocenters. The first-order valence-electron chi connectivity index (χ1n) is 14.8. The molecule has 1 heterocycles. The minimum atomic E-state index is 0.708. The van der Waals surface area contributed by atoms with Crippen LogP contribution in [0.25, 0.3) is 56.2 Å². The Balaban J connectivity index is 1.22. The summed E-state index contributed by atoms with van der Waals surface area (Å²) in [4.78, 5) is 10.0. The molecule has 0 aliphatic carbocycles. The standard InChI is InChI=1S/C41H31N3/c1-29-12-8-9-17-36(29)37-18-10-11-19-38(37)42-35-26-24-33(25-27-35)40-28-39(43-41(44-40)34-15-6-3-7-16-34)32-22-20-31(21-23-32)30-13-4-2-5-14-30/h2-28,42H,1H3. The van der Waals surface area contributed by atoms with Gasteiger partial charge in [-0.1, -0.05) is 140 Å². The van der Waals surface area contributed by atoms with Crippen molar-refractivity contribution in [2.24, 2.45) is 0 Å². The van der Waals surface area contributed by atoms with Crippen molar-refractivity contribution in [3.8, 4) is 56.2 Å². The third-order valence-corrected chi connectivity index (χ3v) is 7.87. The number of aromatic nitrogens is 2. The summed E-state index contributed by atoms with van der Waals surface area (Å²) in [5, 5.41) is 3.64. The highest BCUT2D eigenvalue weighted by molar-refractivity contribution is 5.83. The van der Waals surface area contributed by atoms with Gasteiger partial charge in [0.2, 0.25) is 0 Å². The lowest BCUT2D eigenvalue weighted by Gasteiger charge is -2.14. The molecule has 0 saturated heterocycles. The van der Waals surface area contributed by atoms with Gasteiger partial charge in [-0.3, -0.25) is 0 Å². The zero-order chi connectivity index (χ0) is 29.7. The second-order valence-electron chi connectivity index (χ2n) is 10.8. The van der Waals surface area contributed by atoms with Crippen LogP contribution < -0.4 is 5.32 Å². The zero-order valence-electron chi connectivity index (χ0n) is 24.5. The Morgan fingerprint density at radius 3 is 1.52 bits per heavy atom. The molecule has 0 amide bonds. The number of rotatable bonds is 7. The molecule has 0 saturated carbocycles. The van der Waals surface area contributed by atoms with E-state index >= 15 is 0 Å². The maximum Gasteiger partial charge on any atom is 0.160 e. The SMILES string of the molecule is Cc1ccccc1-c1ccccc1Nc1ccc(-c2cc(-c3ccc(-c4ccccc4)cc3)nc(-c3ccccc3)n2)cc1. The van der Waals surface area contributed by atoms with E-state index in [1.54, 1.807) is 0 Å². The van der Waals surface area contributed by atoms with Crippen molar-refractivity contribution in [3.63, 3.8) is 0 Å². The van der Waals surface area contributed by atoms with Crippen LogP contribution in [0.4, 0.5) is 11.4 Å². The Labute approximate surface area is 258 Å². The van der Waals surface area contributed by atoms with Crippen LogP contribution in [0.1, 0.15) is 5.56 Å². The maximum atomic E-state index is 5.01. The van der Waals surface area contributed by atoms with E-state index in [0.717, 1.165) is 39.5 Å². The van der Waals surface area contributed by atoms with Crippen LogP contribution in [0.2, 0.25) is 0 Å². The minimum Gasteiger partial charge on any atom is -0.355 e. The lowest BCUT2D eigenvalue weighted by Crippen LogP contribution is -1.97. The number of benzene rings is 6. The van der Waals surface area contributed by atoms with Gasteiger partial charge in [0.05, 0.1) is 11.4 Å². The van der Waals surface area contributed by atoms with Crippen molar-refractivity contribution in [2.75, 3.05) is 5.32 Å². The van der Waals surface area contributed by atoms with Crippen molar-refractivity contribution < 1.29 is 0 Å². The van der Waals surface area contributed by atoms with E-state index in [2.05, 4.69) is 152 Å². The van der Waals surface area contributed by atoms with E-state index in [-0.39, 0.29) is 0 Å². The summed E-state index contributed by atoms with van der Waals surface area (Å²) in [6, 6.07) is 56.7. The molecular formula is C41H31N3. The van der Waals surface area contributed by atoms with Gasteiger partial charge >= 0.3 is 0 Å². The molecule has 3 heteroatoms. The summed E-state index contributed by atoms with van der Waals surface area (Å²) in [6.07, 6.45) is 0. The molecule has 44 heavy (non-hydrogen) atoms. The first-order chi connectivity index (χ1) is 21.7. The molecule has 1 aromatic heterocycles. The predicted molar refractivity (Wildman–Crippen MR) is 184 cm³/mol. The summed E-state index contributed by atoms with van der Waals surface area (Å²) in [5.41, 5.74) is 13.0. The van der Waals surface area contributed by atoms with Gasteiger partial charge in [-0.05, 0) is 53.4 Å². The van der Waals surface area contributed by atoms with E-state index < -0.39 is 0 Å². The van der Waals surface area contributed by atoms with Gasteiger partial charge in [0.15, 0.2) is 5.82 Å². The summed E-state index contributed by atoms with van der Waals surface area (Å²) < 4.78 is 0. The highest BCUT2D eigenvalue weighted by Crippen LogP contribution is 2.34. The van der Waals surface area contributed by atoms with Gasteiger partial charge < -0.3 is 5.32 Å². The van der Waals surface area contributed by atoms with Gasteiger partial charge in [-0.25, -0.2) is 9.97 Å². The molecule has 3 nitrogen and oxygen atoms in total. The van der Waals surface area contributed by atoms with Crippen molar-refractivity contribution in [1.82, 2.24) is 9.97 Å². The van der Waals surface area contributed by atoms with E-state index in [0.29, 0.717) is 5.82 Å². The number of hydrogen-bond donors (Lipinski definition) is 1. The molecule has 6 aromatic carbocycles. The van der Waals surface area contributed by atoms with E-state index in [1.165, 1.54) is 27.8 Å². The molecule has 0 aliphatic rings. The third-order valence-electron chi connectivity index (χ3n) is 7.87. The second-order valence-corrected chi connectivity index (χ2v) is 10.8. The lowest BCUT2D eigenvalue weighted by molar-refractivity contribution is 1.18. The predicted octanol–water partition coefficient (Wildman–Crippen LogP) is 10.9. The molecule has 1 N–H and O–H groups in total. The van der Waals surface area contributed by atoms with Crippen LogP contribution in [0.3, 0.4) is 0 Å². The number of anilines is 2. The molecule has 0 atom stereocenters. The van der Waals surface area contributed by atoms with Gasteiger partial charge in [0, 0.05) is 33.6 Å². The summed E-state index contributed by atoms with van der Waals surface area (Å²) in [6.45, 7) is 2.15. The van der Waals surface area contributed by atoms with Crippen molar-refractivity contribution in [1.29, 1.82) is 0 Å². The van der Waals surface area contributed by atoms with Gasteiger partial charge in [0.25, 0.3) is 0 Å². The van der Waals surface area contributed by atoms with Gasteiger partial charge in [0.1, 0.15) is 0 Å². The lowest BCUT2D eigenvalue weighted by atomic mass is 9.99.